The van der Waals surface area contributed by atoms with Crippen LogP contribution in [0, 0.1) is 14.9 Å². The molecule has 0 heterocycles. The molecule has 0 radical (unpaired) electrons. The Labute approximate surface area is 109 Å². The molecule has 0 aromatic heterocycles. The van der Waals surface area contributed by atoms with Crippen molar-refractivity contribution in [1.82, 2.24) is 0 Å². The number of benzene rings is 1. The van der Waals surface area contributed by atoms with E-state index in [1.54, 1.807) is 31.2 Å². The zero-order valence-electron chi connectivity index (χ0n) is 8.64. The number of rotatable bonds is 4. The van der Waals surface area contributed by atoms with Crippen molar-refractivity contribution in [1.29, 1.82) is 5.26 Å². The van der Waals surface area contributed by atoms with Gasteiger partial charge in [-0.2, -0.15) is 5.26 Å². The summed E-state index contributed by atoms with van der Waals surface area (Å²) in [5, 5.41) is 7.73. The largest absolute Gasteiger partial charge is 0.281 e. The van der Waals surface area contributed by atoms with E-state index >= 15 is 0 Å². The van der Waals surface area contributed by atoms with E-state index in [0.29, 0.717) is 5.69 Å². The minimum atomic E-state index is -3.61. The molecule has 1 N–H and O–H groups in total. The maximum absolute atomic E-state index is 11.8. The fourth-order valence-electron chi connectivity index (χ4n) is 1.15. The highest BCUT2D eigenvalue weighted by atomic mass is 127. The Kier molecular flexibility index (Phi) is 4.56. The van der Waals surface area contributed by atoms with Crippen molar-refractivity contribution >= 4 is 38.3 Å². The van der Waals surface area contributed by atoms with Crippen LogP contribution >= 0.6 is 22.6 Å². The Hall–Kier alpha value is -0.810. The summed E-state index contributed by atoms with van der Waals surface area (Å²) in [5.41, 5.74) is 0.511. The summed E-state index contributed by atoms with van der Waals surface area (Å²) in [6.07, 6.45) is 0.273. The van der Waals surface area contributed by atoms with E-state index in [2.05, 4.69) is 4.72 Å². The molecular formula is C10H11IN2O2S. The number of nitriles is 1. The van der Waals surface area contributed by atoms with Crippen LogP contribution in [0.15, 0.2) is 24.3 Å². The summed E-state index contributed by atoms with van der Waals surface area (Å²) >= 11 is 2.04. The van der Waals surface area contributed by atoms with Gasteiger partial charge in [-0.1, -0.05) is 19.1 Å². The molecule has 1 atom stereocenters. The Bertz CT molecular complexity index is 508. The van der Waals surface area contributed by atoms with Crippen LogP contribution in [0.2, 0.25) is 0 Å². The number of para-hydroxylation sites is 1. The second-order valence-corrected chi connectivity index (χ2v) is 6.18. The van der Waals surface area contributed by atoms with E-state index in [9.17, 15) is 8.42 Å². The van der Waals surface area contributed by atoms with Gasteiger partial charge in [0.1, 0.15) is 0 Å². The van der Waals surface area contributed by atoms with E-state index in [4.69, 9.17) is 5.26 Å². The molecule has 1 rings (SSSR count). The zero-order chi connectivity index (χ0) is 12.2. The number of sulfonamides is 1. The lowest BCUT2D eigenvalue weighted by Crippen LogP contribution is -2.26. The molecule has 1 unspecified atom stereocenters. The standard InChI is InChI=1S/C10H11IN2O2S/c1-2-8(7-12)16(14,15)13-10-6-4-3-5-9(10)11/h3-6,8,13H,2H2,1H3. The number of anilines is 1. The van der Waals surface area contributed by atoms with Crippen molar-refractivity contribution in [2.45, 2.75) is 18.6 Å². The predicted molar refractivity (Wildman–Crippen MR) is 71.4 cm³/mol. The molecule has 1 aromatic carbocycles. The molecule has 0 amide bonds. The smallest absolute Gasteiger partial charge is 0.249 e. The molecule has 0 aliphatic carbocycles. The number of nitrogens with zero attached hydrogens (tertiary/aromatic N) is 1. The summed E-state index contributed by atoms with van der Waals surface area (Å²) in [6.45, 7) is 1.67. The van der Waals surface area contributed by atoms with Gasteiger partial charge in [0, 0.05) is 3.57 Å². The molecule has 0 aliphatic rings. The molecule has 0 aliphatic heterocycles. The normalized spacial score (nSPS) is 12.8. The minimum absolute atomic E-state index is 0.273. The minimum Gasteiger partial charge on any atom is -0.281 e. The van der Waals surface area contributed by atoms with Gasteiger partial charge < -0.3 is 0 Å². The molecular weight excluding hydrogens is 339 g/mol. The third-order valence-electron chi connectivity index (χ3n) is 2.02. The first-order chi connectivity index (χ1) is 7.51. The van der Waals surface area contributed by atoms with Crippen LogP contribution in [0.25, 0.3) is 0 Å². The van der Waals surface area contributed by atoms with Crippen molar-refractivity contribution in [2.75, 3.05) is 4.72 Å². The van der Waals surface area contributed by atoms with Crippen LogP contribution < -0.4 is 4.72 Å². The highest BCUT2D eigenvalue weighted by molar-refractivity contribution is 14.1. The third-order valence-corrected chi connectivity index (χ3v) is 4.65. The second kappa shape index (κ2) is 5.50. The molecule has 16 heavy (non-hydrogen) atoms. The number of hydrogen-bond acceptors (Lipinski definition) is 3. The molecule has 0 spiro atoms. The first-order valence-electron chi connectivity index (χ1n) is 4.67. The third kappa shape index (κ3) is 3.09. The summed E-state index contributed by atoms with van der Waals surface area (Å²) in [7, 11) is -3.61. The predicted octanol–water partition coefficient (Wildman–Crippen LogP) is 2.34. The van der Waals surface area contributed by atoms with E-state index in [0.717, 1.165) is 3.57 Å². The highest BCUT2D eigenvalue weighted by Gasteiger charge is 2.23. The monoisotopic (exact) mass is 350 g/mol. The maximum atomic E-state index is 11.8. The Balaban J connectivity index is 2.99. The van der Waals surface area contributed by atoms with Gasteiger partial charge in [0.25, 0.3) is 0 Å². The van der Waals surface area contributed by atoms with Gasteiger partial charge in [-0.3, -0.25) is 4.72 Å². The van der Waals surface area contributed by atoms with Gasteiger partial charge in [-0.05, 0) is 41.1 Å². The van der Waals surface area contributed by atoms with E-state index < -0.39 is 15.3 Å². The fraction of sp³-hybridized carbons (Fsp3) is 0.300. The molecule has 0 fully saturated rings. The van der Waals surface area contributed by atoms with Crippen LogP contribution in [0.3, 0.4) is 0 Å². The van der Waals surface area contributed by atoms with Crippen molar-refractivity contribution in [3.63, 3.8) is 0 Å². The van der Waals surface area contributed by atoms with Crippen LogP contribution in [0.5, 0.6) is 0 Å². The van der Waals surface area contributed by atoms with Crippen LogP contribution in [0.1, 0.15) is 13.3 Å². The van der Waals surface area contributed by atoms with E-state index in [-0.39, 0.29) is 6.42 Å². The van der Waals surface area contributed by atoms with Gasteiger partial charge in [-0.25, -0.2) is 8.42 Å². The Morgan fingerprint density at radius 3 is 2.62 bits per heavy atom. The molecule has 6 heteroatoms. The van der Waals surface area contributed by atoms with Crippen molar-refractivity contribution in [3.05, 3.63) is 27.8 Å². The summed E-state index contributed by atoms with van der Waals surface area (Å²) in [6, 6.07) is 8.81. The highest BCUT2D eigenvalue weighted by Crippen LogP contribution is 2.20. The van der Waals surface area contributed by atoms with Gasteiger partial charge >= 0.3 is 0 Å². The Morgan fingerprint density at radius 2 is 2.12 bits per heavy atom. The summed E-state index contributed by atoms with van der Waals surface area (Å²) in [4.78, 5) is 0. The summed E-state index contributed by atoms with van der Waals surface area (Å²) in [5.74, 6) is 0. The van der Waals surface area contributed by atoms with Crippen LogP contribution in [-0.4, -0.2) is 13.7 Å². The maximum Gasteiger partial charge on any atom is 0.249 e. The topological polar surface area (TPSA) is 70.0 Å². The first-order valence-corrected chi connectivity index (χ1v) is 7.29. The molecule has 4 nitrogen and oxygen atoms in total. The Morgan fingerprint density at radius 1 is 1.50 bits per heavy atom. The summed E-state index contributed by atoms with van der Waals surface area (Å²) < 4.78 is 26.8. The van der Waals surface area contributed by atoms with Crippen molar-refractivity contribution in [2.24, 2.45) is 0 Å². The van der Waals surface area contributed by atoms with Crippen molar-refractivity contribution < 1.29 is 8.42 Å². The van der Waals surface area contributed by atoms with E-state index in [1.807, 2.05) is 28.7 Å². The molecule has 86 valence electrons. The van der Waals surface area contributed by atoms with Gasteiger partial charge in [-0.15, -0.1) is 0 Å². The first kappa shape index (κ1) is 13.3. The lowest BCUT2D eigenvalue weighted by molar-refractivity contribution is 0.593. The average Bonchev–Trinajstić information content (AvgIpc) is 2.22. The molecule has 1 aromatic rings. The number of nitrogens with one attached hydrogen (secondary N) is 1. The molecule has 0 saturated heterocycles. The number of hydrogen-bond donors (Lipinski definition) is 1. The lowest BCUT2D eigenvalue weighted by Gasteiger charge is -2.12. The van der Waals surface area contributed by atoms with Crippen molar-refractivity contribution in [3.8, 4) is 6.07 Å². The second-order valence-electron chi connectivity index (χ2n) is 3.15. The SMILES string of the molecule is CCC(C#N)S(=O)(=O)Nc1ccccc1I. The van der Waals surface area contributed by atoms with Gasteiger partial charge in [0.15, 0.2) is 5.25 Å². The lowest BCUT2D eigenvalue weighted by atomic mass is 10.3. The molecule has 0 bridgehead atoms. The zero-order valence-corrected chi connectivity index (χ0v) is 11.6. The van der Waals surface area contributed by atoms with Crippen LogP contribution in [0.4, 0.5) is 5.69 Å². The fourth-order valence-corrected chi connectivity index (χ4v) is 3.06. The van der Waals surface area contributed by atoms with Gasteiger partial charge in [0.2, 0.25) is 10.0 Å². The van der Waals surface area contributed by atoms with Gasteiger partial charge in [0.05, 0.1) is 11.8 Å². The quantitative estimate of drug-likeness (QED) is 0.848. The van der Waals surface area contributed by atoms with E-state index in [1.165, 1.54) is 0 Å². The molecule has 0 saturated carbocycles. The van der Waals surface area contributed by atoms with Crippen LogP contribution in [-0.2, 0) is 10.0 Å². The number of halogens is 1. The average molecular weight is 350 g/mol.